The van der Waals surface area contributed by atoms with Gasteiger partial charge >= 0.3 is 0 Å². The zero-order chi connectivity index (χ0) is 23.1. The van der Waals surface area contributed by atoms with E-state index in [0.717, 1.165) is 35.3 Å². The van der Waals surface area contributed by atoms with Crippen LogP contribution in [0.2, 0.25) is 0 Å². The predicted molar refractivity (Wildman–Crippen MR) is 130 cm³/mol. The third-order valence-electron chi connectivity index (χ3n) is 6.15. The van der Waals surface area contributed by atoms with Gasteiger partial charge in [0, 0.05) is 23.5 Å². The molecule has 0 unspecified atom stereocenters. The van der Waals surface area contributed by atoms with Gasteiger partial charge in [-0.3, -0.25) is 9.78 Å². The van der Waals surface area contributed by atoms with Crippen molar-refractivity contribution in [3.63, 3.8) is 0 Å². The van der Waals surface area contributed by atoms with Gasteiger partial charge in [-0.1, -0.05) is 56.5 Å². The van der Waals surface area contributed by atoms with Crippen LogP contribution < -0.4 is 4.74 Å². The number of carbonyl (C=O) groups excluding carboxylic acids is 1. The average molecular weight is 445 g/mol. The number of aromatic nitrogens is 1. The maximum Gasteiger partial charge on any atom is 0.256 e. The Morgan fingerprint density at radius 2 is 1.67 bits per heavy atom. The highest BCUT2D eigenvalue weighted by Gasteiger charge is 2.49. The molecule has 4 rings (SSSR count). The number of amides is 1. The molecule has 5 nitrogen and oxygen atoms in total. The van der Waals surface area contributed by atoms with Crippen molar-refractivity contribution in [2.24, 2.45) is 0 Å². The van der Waals surface area contributed by atoms with Gasteiger partial charge in [-0.2, -0.15) is 0 Å². The number of carbonyl (C=O) groups is 1. The van der Waals surface area contributed by atoms with E-state index in [0.29, 0.717) is 31.6 Å². The molecule has 0 atom stereocenters. The lowest BCUT2D eigenvalue weighted by Crippen LogP contribution is -2.41. The first-order valence-electron chi connectivity index (χ1n) is 11.9. The lowest BCUT2D eigenvalue weighted by Gasteiger charge is -2.29. The Hall–Kier alpha value is -3.18. The molecule has 2 aromatic carbocycles. The zero-order valence-electron chi connectivity index (χ0n) is 19.2. The molecule has 0 radical (unpaired) electrons. The Kier molecular flexibility index (Phi) is 7.40. The number of ether oxygens (including phenoxy) is 1. The van der Waals surface area contributed by atoms with Crippen molar-refractivity contribution in [3.05, 3.63) is 84.2 Å². The number of pyridine rings is 1. The van der Waals surface area contributed by atoms with Crippen molar-refractivity contribution < 1.29 is 14.6 Å². The lowest BCUT2D eigenvalue weighted by molar-refractivity contribution is -0.0150. The van der Waals surface area contributed by atoms with Crippen molar-refractivity contribution in [1.29, 1.82) is 0 Å². The molecule has 1 aromatic heterocycles. The highest BCUT2D eigenvalue weighted by molar-refractivity contribution is 5.95. The summed E-state index contributed by atoms with van der Waals surface area (Å²) in [6.45, 7) is 3.16. The highest BCUT2D eigenvalue weighted by atomic mass is 16.5. The van der Waals surface area contributed by atoms with Crippen molar-refractivity contribution in [2.75, 3.05) is 6.61 Å². The monoisotopic (exact) mass is 444 g/mol. The number of unbranched alkanes of at least 4 members (excludes halogenated alkanes) is 3. The van der Waals surface area contributed by atoms with E-state index in [9.17, 15) is 9.90 Å². The number of hydrogen-bond acceptors (Lipinski definition) is 4. The van der Waals surface area contributed by atoms with Crippen molar-refractivity contribution >= 4 is 5.91 Å². The second kappa shape index (κ2) is 10.6. The quantitative estimate of drug-likeness (QED) is 0.298. The van der Waals surface area contributed by atoms with E-state index >= 15 is 0 Å². The summed E-state index contributed by atoms with van der Waals surface area (Å²) in [7, 11) is 0. The van der Waals surface area contributed by atoms with Crippen molar-refractivity contribution in [1.82, 2.24) is 9.88 Å². The summed E-state index contributed by atoms with van der Waals surface area (Å²) in [6, 6.07) is 19.2. The SMILES string of the molecule is CCCCCCOc1ccccc1CN(C(=O)c1ccc(-c2ccncc2)cc1)C1(O)CC1. The third kappa shape index (κ3) is 5.79. The second-order valence-corrected chi connectivity index (χ2v) is 8.70. The molecule has 0 saturated heterocycles. The molecule has 172 valence electrons. The molecule has 3 aromatic rings. The van der Waals surface area contributed by atoms with E-state index in [1.165, 1.54) is 12.8 Å². The Labute approximate surface area is 196 Å². The van der Waals surface area contributed by atoms with Crippen LogP contribution in [0.1, 0.15) is 61.4 Å². The minimum absolute atomic E-state index is 0.172. The van der Waals surface area contributed by atoms with Crippen molar-refractivity contribution in [2.45, 2.75) is 57.7 Å². The number of rotatable bonds is 11. The number of hydrogen-bond donors (Lipinski definition) is 1. The van der Waals surface area contributed by atoms with Gasteiger partial charge in [0.25, 0.3) is 5.91 Å². The smallest absolute Gasteiger partial charge is 0.256 e. The van der Waals surface area contributed by atoms with Crippen LogP contribution in [0.15, 0.2) is 73.1 Å². The number of aliphatic hydroxyl groups is 1. The predicted octanol–water partition coefficient (Wildman–Crippen LogP) is 5.83. The van der Waals surface area contributed by atoms with E-state index < -0.39 is 5.72 Å². The molecule has 1 aliphatic carbocycles. The Morgan fingerprint density at radius 1 is 0.970 bits per heavy atom. The molecule has 1 heterocycles. The molecule has 33 heavy (non-hydrogen) atoms. The molecule has 1 saturated carbocycles. The van der Waals surface area contributed by atoms with Crippen LogP contribution in [0.4, 0.5) is 0 Å². The van der Waals surface area contributed by atoms with Gasteiger partial charge in [0.1, 0.15) is 11.5 Å². The summed E-state index contributed by atoms with van der Waals surface area (Å²) in [5.41, 5.74) is 2.45. The van der Waals surface area contributed by atoms with Gasteiger partial charge in [-0.15, -0.1) is 0 Å². The zero-order valence-corrected chi connectivity index (χ0v) is 19.2. The summed E-state index contributed by atoms with van der Waals surface area (Å²) >= 11 is 0. The Morgan fingerprint density at radius 3 is 2.36 bits per heavy atom. The lowest BCUT2D eigenvalue weighted by atomic mass is 10.0. The van der Waals surface area contributed by atoms with E-state index in [4.69, 9.17) is 4.74 Å². The number of nitrogens with zero attached hydrogens (tertiary/aromatic N) is 2. The molecule has 1 N–H and O–H groups in total. The Balaban J connectivity index is 1.49. The van der Waals surface area contributed by atoms with Gasteiger partial charge in [-0.05, 0) is 60.7 Å². The summed E-state index contributed by atoms with van der Waals surface area (Å²) in [4.78, 5) is 19.1. The first-order valence-corrected chi connectivity index (χ1v) is 11.9. The van der Waals surface area contributed by atoms with E-state index in [1.54, 1.807) is 17.3 Å². The largest absolute Gasteiger partial charge is 0.493 e. The number of benzene rings is 2. The minimum Gasteiger partial charge on any atom is -0.493 e. The molecule has 0 bridgehead atoms. The molecule has 1 amide bonds. The summed E-state index contributed by atoms with van der Waals surface area (Å²) in [6.07, 6.45) is 9.25. The summed E-state index contributed by atoms with van der Waals surface area (Å²) in [5, 5.41) is 10.9. The van der Waals surface area contributed by atoms with Gasteiger partial charge < -0.3 is 14.7 Å². The normalized spacial score (nSPS) is 14.0. The maximum absolute atomic E-state index is 13.4. The molecule has 5 heteroatoms. The summed E-state index contributed by atoms with van der Waals surface area (Å²) in [5.74, 6) is 0.609. The van der Waals surface area contributed by atoms with Crippen molar-refractivity contribution in [3.8, 4) is 16.9 Å². The van der Waals surface area contributed by atoms with E-state index in [2.05, 4.69) is 11.9 Å². The minimum atomic E-state index is -1.09. The third-order valence-corrected chi connectivity index (χ3v) is 6.15. The van der Waals surface area contributed by atoms with E-state index in [1.807, 2.05) is 60.7 Å². The van der Waals surface area contributed by atoms with Crippen LogP contribution in [0, 0.1) is 0 Å². The van der Waals surface area contributed by atoms with Gasteiger partial charge in [0.2, 0.25) is 0 Å². The second-order valence-electron chi connectivity index (χ2n) is 8.70. The van der Waals surface area contributed by atoms with Crippen LogP contribution in [0.3, 0.4) is 0 Å². The highest BCUT2D eigenvalue weighted by Crippen LogP contribution is 2.41. The Bertz CT molecular complexity index is 1050. The van der Waals surface area contributed by atoms with Crippen LogP contribution in [0.5, 0.6) is 5.75 Å². The fraction of sp³-hybridized carbons (Fsp3) is 0.357. The van der Waals surface area contributed by atoms with Gasteiger partial charge in [0.15, 0.2) is 0 Å². The maximum atomic E-state index is 13.4. The molecule has 1 aliphatic rings. The molecule has 0 spiro atoms. The fourth-order valence-electron chi connectivity index (χ4n) is 3.95. The van der Waals surface area contributed by atoms with E-state index in [-0.39, 0.29) is 5.91 Å². The van der Waals surface area contributed by atoms with Crippen LogP contribution in [-0.2, 0) is 6.54 Å². The summed E-state index contributed by atoms with van der Waals surface area (Å²) < 4.78 is 6.04. The van der Waals surface area contributed by atoms with Crippen LogP contribution in [-0.4, -0.2) is 33.2 Å². The standard InChI is InChI=1S/C28H32N2O3/c1-2-3-4-7-20-33-26-9-6-5-8-25(26)21-30(28(32)16-17-28)27(31)24-12-10-22(11-13-24)23-14-18-29-19-15-23/h5-6,8-15,18-19,32H,2-4,7,16-17,20-21H2,1H3. The van der Waals surface area contributed by atoms with Crippen LogP contribution in [0.25, 0.3) is 11.1 Å². The topological polar surface area (TPSA) is 62.7 Å². The molecule has 0 aliphatic heterocycles. The first-order chi connectivity index (χ1) is 16.1. The molecule has 1 fully saturated rings. The first kappa shape index (κ1) is 23.0. The van der Waals surface area contributed by atoms with Crippen LogP contribution >= 0.6 is 0 Å². The fourth-order valence-corrected chi connectivity index (χ4v) is 3.95. The molecular weight excluding hydrogens is 412 g/mol. The molecular formula is C28H32N2O3. The number of para-hydroxylation sites is 1. The van der Waals surface area contributed by atoms with Gasteiger partial charge in [0.05, 0.1) is 13.2 Å². The average Bonchev–Trinajstić information content (AvgIpc) is 3.61. The van der Waals surface area contributed by atoms with Gasteiger partial charge in [-0.25, -0.2) is 0 Å².